The number of hydrogen-bond donors (Lipinski definition) is 2. The van der Waals surface area contributed by atoms with E-state index in [1.165, 1.54) is 12.1 Å². The molecular formula is C27H31FN4O4. The first-order chi connectivity index (χ1) is 16.8. The molecular weight excluding hydrogens is 463 g/mol. The first-order valence-corrected chi connectivity index (χ1v) is 11.8. The summed E-state index contributed by atoms with van der Waals surface area (Å²) in [5.41, 5.74) is 2.82. The van der Waals surface area contributed by atoms with Crippen LogP contribution in [0.15, 0.2) is 36.4 Å². The molecule has 190 valence electrons. The van der Waals surface area contributed by atoms with Gasteiger partial charge in [0.25, 0.3) is 0 Å². The SMILES string of the molecule is CC(C)OC(=O)c1cc2nc(-c3cc4ccc(C(C)NC(=O)OC(C)(C)C)cc4[nH]3)n(C)c2cc1F. The lowest BCUT2D eigenvalue weighted by atomic mass is 10.1. The maximum Gasteiger partial charge on any atom is 0.408 e. The lowest BCUT2D eigenvalue weighted by Crippen LogP contribution is -2.34. The number of carbonyl (C=O) groups excluding carboxylic acids is 2. The minimum atomic E-state index is -0.719. The van der Waals surface area contributed by atoms with Crippen LogP contribution in [0.1, 0.15) is 63.5 Å². The van der Waals surface area contributed by atoms with E-state index >= 15 is 0 Å². The first-order valence-electron chi connectivity index (χ1n) is 11.8. The highest BCUT2D eigenvalue weighted by Crippen LogP contribution is 2.29. The molecule has 2 N–H and O–H groups in total. The zero-order valence-electron chi connectivity index (χ0n) is 21.5. The average Bonchev–Trinajstić information content (AvgIpc) is 3.31. The van der Waals surface area contributed by atoms with Gasteiger partial charge in [-0.3, -0.25) is 0 Å². The lowest BCUT2D eigenvalue weighted by molar-refractivity contribution is 0.0372. The molecule has 8 nitrogen and oxygen atoms in total. The van der Waals surface area contributed by atoms with Crippen molar-refractivity contribution in [2.24, 2.45) is 7.05 Å². The Morgan fingerprint density at radius 1 is 1.11 bits per heavy atom. The standard InChI is InChI=1S/C27H31FN4O4/c1-14(2)35-25(33)18-12-21-23(13-19(18)28)32(7)24(31-21)22-11-17-9-8-16(10-20(17)30-22)15(3)29-26(34)36-27(4,5)6/h8-15,30H,1-7H3,(H,29,34). The van der Waals surface area contributed by atoms with Gasteiger partial charge in [-0.05, 0) is 65.3 Å². The van der Waals surface area contributed by atoms with Crippen molar-refractivity contribution in [1.29, 1.82) is 0 Å². The maximum absolute atomic E-state index is 14.7. The molecule has 9 heteroatoms. The van der Waals surface area contributed by atoms with Gasteiger partial charge in [-0.2, -0.15) is 0 Å². The van der Waals surface area contributed by atoms with Crippen molar-refractivity contribution in [3.63, 3.8) is 0 Å². The molecule has 1 atom stereocenters. The number of benzene rings is 2. The van der Waals surface area contributed by atoms with Gasteiger partial charge in [-0.15, -0.1) is 0 Å². The van der Waals surface area contributed by atoms with Gasteiger partial charge >= 0.3 is 12.1 Å². The molecule has 2 heterocycles. The van der Waals surface area contributed by atoms with Gasteiger partial charge in [0.2, 0.25) is 0 Å². The Morgan fingerprint density at radius 2 is 1.83 bits per heavy atom. The van der Waals surface area contributed by atoms with E-state index in [9.17, 15) is 14.0 Å². The third-order valence-corrected chi connectivity index (χ3v) is 5.65. The van der Waals surface area contributed by atoms with Crippen molar-refractivity contribution in [3.05, 3.63) is 53.3 Å². The zero-order chi connectivity index (χ0) is 26.4. The number of fused-ring (bicyclic) bond motifs is 2. The number of amides is 1. The highest BCUT2D eigenvalue weighted by atomic mass is 19.1. The van der Waals surface area contributed by atoms with Crippen molar-refractivity contribution in [1.82, 2.24) is 19.9 Å². The molecule has 0 fully saturated rings. The van der Waals surface area contributed by atoms with Gasteiger partial charge in [0.05, 0.1) is 34.4 Å². The van der Waals surface area contributed by atoms with Crippen LogP contribution in [-0.4, -0.2) is 38.3 Å². The fourth-order valence-electron chi connectivity index (χ4n) is 3.99. The van der Waals surface area contributed by atoms with Crippen LogP contribution in [0.4, 0.5) is 9.18 Å². The number of hydrogen-bond acceptors (Lipinski definition) is 5. The van der Waals surface area contributed by atoms with Gasteiger partial charge in [0.1, 0.15) is 11.4 Å². The van der Waals surface area contributed by atoms with Crippen LogP contribution in [0, 0.1) is 5.82 Å². The highest BCUT2D eigenvalue weighted by Gasteiger charge is 2.21. The number of aromatic amines is 1. The van der Waals surface area contributed by atoms with Crippen molar-refractivity contribution in [3.8, 4) is 11.5 Å². The average molecular weight is 495 g/mol. The van der Waals surface area contributed by atoms with Gasteiger partial charge in [-0.1, -0.05) is 12.1 Å². The number of alkyl carbamates (subject to hydrolysis) is 1. The molecule has 0 radical (unpaired) electrons. The third-order valence-electron chi connectivity index (χ3n) is 5.65. The van der Waals surface area contributed by atoms with Crippen LogP contribution < -0.4 is 5.32 Å². The number of imidazole rings is 1. The minimum absolute atomic E-state index is 0.145. The number of nitrogens with one attached hydrogen (secondary N) is 2. The van der Waals surface area contributed by atoms with Crippen LogP contribution in [0.5, 0.6) is 0 Å². The van der Waals surface area contributed by atoms with Crippen molar-refractivity contribution >= 4 is 34.0 Å². The normalized spacial score (nSPS) is 12.8. The molecule has 2 aromatic carbocycles. The van der Waals surface area contributed by atoms with Crippen LogP contribution in [0.2, 0.25) is 0 Å². The molecule has 0 aliphatic heterocycles. The van der Waals surface area contributed by atoms with E-state index in [0.717, 1.165) is 22.2 Å². The summed E-state index contributed by atoms with van der Waals surface area (Å²) in [5.74, 6) is -0.782. The first kappa shape index (κ1) is 25.2. The second-order valence-electron chi connectivity index (χ2n) is 10.2. The monoisotopic (exact) mass is 494 g/mol. The van der Waals surface area contributed by atoms with Crippen LogP contribution in [-0.2, 0) is 16.5 Å². The minimum Gasteiger partial charge on any atom is -0.459 e. The third kappa shape index (κ3) is 5.19. The predicted molar refractivity (Wildman–Crippen MR) is 136 cm³/mol. The van der Waals surface area contributed by atoms with E-state index in [-0.39, 0.29) is 17.7 Å². The Kier molecular flexibility index (Phi) is 6.51. The molecule has 0 aliphatic carbocycles. The van der Waals surface area contributed by atoms with Gasteiger partial charge in [0.15, 0.2) is 5.82 Å². The predicted octanol–water partition coefficient (Wildman–Crippen LogP) is 6.01. The highest BCUT2D eigenvalue weighted by molar-refractivity contribution is 5.95. The lowest BCUT2D eigenvalue weighted by Gasteiger charge is -2.22. The molecule has 1 unspecified atom stereocenters. The van der Waals surface area contributed by atoms with Crippen LogP contribution >= 0.6 is 0 Å². The molecule has 0 saturated heterocycles. The number of H-pyrrole nitrogens is 1. The summed E-state index contributed by atoms with van der Waals surface area (Å²) >= 11 is 0. The van der Waals surface area contributed by atoms with Crippen LogP contribution in [0.25, 0.3) is 33.5 Å². The van der Waals surface area contributed by atoms with E-state index < -0.39 is 23.5 Å². The molecule has 4 aromatic rings. The summed E-state index contributed by atoms with van der Waals surface area (Å²) in [6, 6.07) is 10.3. The Hall–Kier alpha value is -3.88. The number of aromatic nitrogens is 3. The molecule has 0 spiro atoms. The van der Waals surface area contributed by atoms with Crippen molar-refractivity contribution in [2.75, 3.05) is 0 Å². The number of esters is 1. The topological polar surface area (TPSA) is 98.2 Å². The molecule has 36 heavy (non-hydrogen) atoms. The van der Waals surface area contributed by atoms with E-state index in [4.69, 9.17) is 9.47 Å². The number of ether oxygens (including phenoxy) is 2. The zero-order valence-corrected chi connectivity index (χ0v) is 21.5. The van der Waals surface area contributed by atoms with E-state index in [1.54, 1.807) is 25.5 Å². The van der Waals surface area contributed by atoms with Crippen molar-refractivity contribution < 1.29 is 23.5 Å². The fraction of sp³-hybridized carbons (Fsp3) is 0.370. The van der Waals surface area contributed by atoms with Crippen molar-refractivity contribution in [2.45, 2.75) is 59.3 Å². The van der Waals surface area contributed by atoms with Gasteiger partial charge in [-0.25, -0.2) is 19.0 Å². The van der Waals surface area contributed by atoms with E-state index in [0.29, 0.717) is 16.9 Å². The van der Waals surface area contributed by atoms with E-state index in [2.05, 4.69) is 15.3 Å². The second-order valence-corrected chi connectivity index (χ2v) is 10.2. The smallest absolute Gasteiger partial charge is 0.408 e. The molecule has 0 aliphatic rings. The summed E-state index contributed by atoms with van der Waals surface area (Å²) < 4.78 is 27.0. The van der Waals surface area contributed by atoms with E-state index in [1.807, 2.05) is 52.0 Å². The maximum atomic E-state index is 14.7. The molecule has 0 bridgehead atoms. The quantitative estimate of drug-likeness (QED) is 0.331. The summed E-state index contributed by atoms with van der Waals surface area (Å²) in [7, 11) is 1.79. The summed E-state index contributed by atoms with van der Waals surface area (Å²) in [4.78, 5) is 32.5. The largest absolute Gasteiger partial charge is 0.459 e. The molecule has 0 saturated carbocycles. The Balaban J connectivity index is 1.64. The number of rotatable bonds is 5. The van der Waals surface area contributed by atoms with Crippen LogP contribution in [0.3, 0.4) is 0 Å². The van der Waals surface area contributed by atoms with Gasteiger partial charge < -0.3 is 24.3 Å². The summed E-state index contributed by atoms with van der Waals surface area (Å²) in [5, 5.41) is 3.81. The number of nitrogens with zero attached hydrogens (tertiary/aromatic N) is 2. The second kappa shape index (κ2) is 9.29. The molecule has 2 aromatic heterocycles. The Morgan fingerprint density at radius 3 is 2.50 bits per heavy atom. The Bertz CT molecular complexity index is 1460. The fourth-order valence-corrected chi connectivity index (χ4v) is 3.99. The Labute approximate surface area is 208 Å². The molecule has 4 rings (SSSR count). The molecule has 1 amide bonds. The number of carbonyl (C=O) groups is 2. The van der Waals surface area contributed by atoms with Gasteiger partial charge in [0, 0.05) is 24.0 Å². The summed E-state index contributed by atoms with van der Waals surface area (Å²) in [6.07, 6.45) is -0.837. The number of aryl methyl sites for hydroxylation is 1. The number of halogens is 1. The summed E-state index contributed by atoms with van der Waals surface area (Å²) in [6.45, 7) is 10.8.